The number of aryl methyl sites for hydroxylation is 1. The Morgan fingerprint density at radius 1 is 1.18 bits per heavy atom. The third kappa shape index (κ3) is 3.94. The molecule has 1 atom stereocenters. The van der Waals surface area contributed by atoms with Gasteiger partial charge in [0.2, 0.25) is 5.91 Å². The maximum absolute atomic E-state index is 14.3. The van der Waals surface area contributed by atoms with E-state index in [1.165, 1.54) is 17.8 Å². The molecule has 28 heavy (non-hydrogen) atoms. The van der Waals surface area contributed by atoms with Crippen LogP contribution in [-0.2, 0) is 4.79 Å². The van der Waals surface area contributed by atoms with Crippen LogP contribution < -0.4 is 5.32 Å². The van der Waals surface area contributed by atoms with Gasteiger partial charge >= 0.3 is 0 Å². The highest BCUT2D eigenvalue weighted by atomic mass is 32.2. The van der Waals surface area contributed by atoms with Crippen molar-refractivity contribution in [3.05, 3.63) is 59.9 Å². The second kappa shape index (κ2) is 7.75. The maximum Gasteiger partial charge on any atom is 0.237 e. The Kier molecular flexibility index (Phi) is 5.17. The number of carbonyl (C=O) groups is 1. The Morgan fingerprint density at radius 2 is 1.89 bits per heavy atom. The Hall–Kier alpha value is -2.67. The molecule has 5 nitrogen and oxygen atoms in total. The largest absolute Gasteiger partial charge is 0.325 e. The predicted molar refractivity (Wildman–Crippen MR) is 109 cm³/mol. The highest BCUT2D eigenvalue weighted by Gasteiger charge is 2.32. The van der Waals surface area contributed by atoms with Crippen molar-refractivity contribution < 1.29 is 9.18 Å². The lowest BCUT2D eigenvalue weighted by Crippen LogP contribution is -2.23. The Balaban J connectivity index is 1.54. The monoisotopic (exact) mass is 396 g/mol. The molecule has 0 bridgehead atoms. The summed E-state index contributed by atoms with van der Waals surface area (Å²) in [6.45, 7) is 3.84. The number of rotatable bonds is 6. The van der Waals surface area contributed by atoms with Crippen LogP contribution in [0.2, 0.25) is 0 Å². The highest BCUT2D eigenvalue weighted by molar-refractivity contribution is 8.00. The molecule has 1 amide bonds. The number of halogens is 1. The lowest BCUT2D eigenvalue weighted by atomic mass is 10.2. The molecular formula is C21H21FN4OS. The molecular weight excluding hydrogens is 375 g/mol. The molecule has 7 heteroatoms. The summed E-state index contributed by atoms with van der Waals surface area (Å²) in [5.74, 6) is 0.0967. The Labute approximate surface area is 167 Å². The average Bonchev–Trinajstić information content (AvgIpc) is 3.44. The smallest absolute Gasteiger partial charge is 0.237 e. The van der Waals surface area contributed by atoms with E-state index in [9.17, 15) is 9.18 Å². The van der Waals surface area contributed by atoms with Crippen molar-refractivity contribution in [2.45, 2.75) is 43.1 Å². The number of anilines is 1. The number of hydrogen-bond acceptors (Lipinski definition) is 4. The van der Waals surface area contributed by atoms with Crippen LogP contribution in [-0.4, -0.2) is 25.9 Å². The minimum Gasteiger partial charge on any atom is -0.325 e. The van der Waals surface area contributed by atoms with Crippen molar-refractivity contribution in [2.24, 2.45) is 0 Å². The van der Waals surface area contributed by atoms with Crippen LogP contribution >= 0.6 is 11.8 Å². The molecule has 3 aromatic rings. The molecule has 2 aromatic carbocycles. The number of thioether (sulfide) groups is 1. The fraction of sp³-hybridized carbons (Fsp3) is 0.286. The van der Waals surface area contributed by atoms with Crippen molar-refractivity contribution in [1.29, 1.82) is 0 Å². The molecule has 144 valence electrons. The summed E-state index contributed by atoms with van der Waals surface area (Å²) in [6, 6.07) is 14.5. The van der Waals surface area contributed by atoms with Gasteiger partial charge in [0, 0.05) is 11.7 Å². The summed E-state index contributed by atoms with van der Waals surface area (Å²) >= 11 is 1.35. The molecule has 1 N–H and O–H groups in total. The van der Waals surface area contributed by atoms with E-state index in [0.717, 1.165) is 24.1 Å². The first kappa shape index (κ1) is 18.7. The first-order valence-electron chi connectivity index (χ1n) is 9.27. The van der Waals surface area contributed by atoms with Gasteiger partial charge in [-0.25, -0.2) is 4.39 Å². The van der Waals surface area contributed by atoms with Gasteiger partial charge < -0.3 is 5.32 Å². The van der Waals surface area contributed by atoms with E-state index in [0.29, 0.717) is 16.5 Å². The zero-order valence-corrected chi connectivity index (χ0v) is 16.5. The maximum atomic E-state index is 14.3. The Bertz CT molecular complexity index is 998. The van der Waals surface area contributed by atoms with Gasteiger partial charge in [0.05, 0.1) is 10.8 Å². The van der Waals surface area contributed by atoms with Crippen molar-refractivity contribution in [3.8, 4) is 11.4 Å². The minimum absolute atomic E-state index is 0.105. The molecule has 1 aliphatic carbocycles. The predicted octanol–water partition coefficient (Wildman–Crippen LogP) is 4.85. The third-order valence-electron chi connectivity index (χ3n) is 4.66. The molecule has 1 heterocycles. The van der Waals surface area contributed by atoms with E-state index in [2.05, 4.69) is 15.5 Å². The van der Waals surface area contributed by atoms with Crippen LogP contribution in [0, 0.1) is 12.7 Å². The van der Waals surface area contributed by atoms with Gasteiger partial charge in [-0.3, -0.25) is 9.36 Å². The summed E-state index contributed by atoms with van der Waals surface area (Å²) in [4.78, 5) is 12.6. The molecule has 1 fully saturated rings. The van der Waals surface area contributed by atoms with E-state index in [1.807, 2.05) is 42.7 Å². The van der Waals surface area contributed by atoms with Crippen molar-refractivity contribution in [1.82, 2.24) is 14.8 Å². The summed E-state index contributed by atoms with van der Waals surface area (Å²) in [6.07, 6.45) is 2.02. The minimum atomic E-state index is -0.364. The van der Waals surface area contributed by atoms with E-state index in [1.54, 1.807) is 18.2 Å². The molecule has 0 saturated heterocycles. The number of aromatic nitrogens is 3. The van der Waals surface area contributed by atoms with Crippen molar-refractivity contribution in [2.75, 3.05) is 5.32 Å². The fourth-order valence-electron chi connectivity index (χ4n) is 2.94. The third-order valence-corrected chi connectivity index (χ3v) is 5.72. The molecule has 1 aliphatic rings. The number of nitrogens with zero attached hydrogens (tertiary/aromatic N) is 3. The van der Waals surface area contributed by atoms with Gasteiger partial charge in [-0.15, -0.1) is 10.2 Å². The molecule has 0 unspecified atom stereocenters. The quantitative estimate of drug-likeness (QED) is 0.605. The number of amides is 1. The second-order valence-corrected chi connectivity index (χ2v) is 8.31. The van der Waals surface area contributed by atoms with E-state index in [-0.39, 0.29) is 23.0 Å². The van der Waals surface area contributed by atoms with Crippen LogP contribution in [0.5, 0.6) is 0 Å². The SMILES string of the molecule is Cc1ccc(NC(=O)[C@H](C)Sc2nnc(-c3ccccc3F)n2C2CC2)cc1. The zero-order valence-electron chi connectivity index (χ0n) is 15.7. The molecule has 1 saturated carbocycles. The second-order valence-electron chi connectivity index (χ2n) is 7.00. The molecule has 0 radical (unpaired) electrons. The summed E-state index contributed by atoms with van der Waals surface area (Å²) < 4.78 is 16.2. The van der Waals surface area contributed by atoms with Gasteiger partial charge in [0.15, 0.2) is 11.0 Å². The van der Waals surface area contributed by atoms with Crippen LogP contribution in [0.25, 0.3) is 11.4 Å². The molecule has 0 aliphatic heterocycles. The van der Waals surface area contributed by atoms with E-state index < -0.39 is 0 Å². The number of carbonyl (C=O) groups excluding carboxylic acids is 1. The number of hydrogen-bond donors (Lipinski definition) is 1. The van der Waals surface area contributed by atoms with E-state index >= 15 is 0 Å². The van der Waals surface area contributed by atoms with Crippen molar-refractivity contribution >= 4 is 23.4 Å². The molecule has 4 rings (SSSR count). The average molecular weight is 396 g/mol. The molecule has 0 spiro atoms. The number of benzene rings is 2. The first-order valence-corrected chi connectivity index (χ1v) is 10.1. The zero-order chi connectivity index (χ0) is 19.7. The van der Waals surface area contributed by atoms with Crippen LogP contribution in [0.3, 0.4) is 0 Å². The normalized spacial score (nSPS) is 14.7. The summed E-state index contributed by atoms with van der Waals surface area (Å²) in [7, 11) is 0. The summed E-state index contributed by atoms with van der Waals surface area (Å²) in [5, 5.41) is 11.7. The van der Waals surface area contributed by atoms with E-state index in [4.69, 9.17) is 0 Å². The lowest BCUT2D eigenvalue weighted by molar-refractivity contribution is -0.115. The van der Waals surface area contributed by atoms with Crippen LogP contribution in [0.1, 0.15) is 31.4 Å². The van der Waals surface area contributed by atoms with Gasteiger partial charge in [-0.05, 0) is 51.0 Å². The van der Waals surface area contributed by atoms with Gasteiger partial charge in [-0.2, -0.15) is 0 Å². The Morgan fingerprint density at radius 3 is 2.57 bits per heavy atom. The molecule has 1 aromatic heterocycles. The van der Waals surface area contributed by atoms with Crippen LogP contribution in [0.4, 0.5) is 10.1 Å². The van der Waals surface area contributed by atoms with Crippen molar-refractivity contribution in [3.63, 3.8) is 0 Å². The van der Waals surface area contributed by atoms with Gasteiger partial charge in [-0.1, -0.05) is 41.6 Å². The highest BCUT2D eigenvalue weighted by Crippen LogP contribution is 2.42. The topological polar surface area (TPSA) is 59.8 Å². The standard InChI is InChI=1S/C21H21FN4OS/c1-13-7-9-15(10-8-13)23-20(27)14(2)28-21-25-24-19(26(21)16-11-12-16)17-5-3-4-6-18(17)22/h3-10,14,16H,11-12H2,1-2H3,(H,23,27)/t14-/m0/s1. The number of nitrogens with one attached hydrogen (secondary N) is 1. The van der Waals surface area contributed by atoms with Crippen LogP contribution in [0.15, 0.2) is 53.7 Å². The summed E-state index contributed by atoms with van der Waals surface area (Å²) in [5.41, 5.74) is 2.34. The first-order chi connectivity index (χ1) is 13.5. The van der Waals surface area contributed by atoms with Gasteiger partial charge in [0.1, 0.15) is 5.82 Å². The fourth-order valence-corrected chi connectivity index (χ4v) is 3.86. The lowest BCUT2D eigenvalue weighted by Gasteiger charge is -2.13. The van der Waals surface area contributed by atoms with Gasteiger partial charge in [0.25, 0.3) is 0 Å².